The molecular weight excluding hydrogens is 464 g/mol. The van der Waals surface area contributed by atoms with E-state index in [2.05, 4.69) is 13.0 Å². The summed E-state index contributed by atoms with van der Waals surface area (Å²) in [6.07, 6.45) is 2.41. The second-order valence-electron chi connectivity index (χ2n) is 10.7. The molecule has 2 unspecified atom stereocenters. The van der Waals surface area contributed by atoms with Gasteiger partial charge in [0.05, 0.1) is 32.4 Å². The number of carbonyl (C=O) groups is 2. The van der Waals surface area contributed by atoms with Crippen LogP contribution in [-0.4, -0.2) is 86.2 Å². The zero-order valence-corrected chi connectivity index (χ0v) is 22.2. The van der Waals surface area contributed by atoms with Gasteiger partial charge in [-0.2, -0.15) is 0 Å². The van der Waals surface area contributed by atoms with Gasteiger partial charge in [0, 0.05) is 44.7 Å². The molecule has 0 N–H and O–H groups in total. The third-order valence-corrected chi connectivity index (χ3v) is 6.61. The van der Waals surface area contributed by atoms with Crippen molar-refractivity contribution in [2.75, 3.05) is 46.6 Å². The van der Waals surface area contributed by atoms with E-state index in [1.165, 1.54) is 0 Å². The Morgan fingerprint density at radius 2 is 1.97 bits per heavy atom. The van der Waals surface area contributed by atoms with Crippen LogP contribution in [0.5, 0.6) is 11.5 Å². The van der Waals surface area contributed by atoms with Crippen LogP contribution in [0, 0.1) is 0 Å². The molecule has 36 heavy (non-hydrogen) atoms. The SMILES string of the molecule is COCCCOc1cc(C(C)N(C(=O)C2CN(C(=O)OC(C)(C)C)CCO2)C2CC2)cc2c1OCC2. The number of fused-ring (bicyclic) bond motifs is 1. The molecule has 1 aliphatic carbocycles. The first-order valence-electron chi connectivity index (χ1n) is 13.0. The van der Waals surface area contributed by atoms with Crippen molar-refractivity contribution in [3.63, 3.8) is 0 Å². The van der Waals surface area contributed by atoms with Crippen molar-refractivity contribution >= 4 is 12.0 Å². The number of hydrogen-bond donors (Lipinski definition) is 0. The molecule has 0 bridgehead atoms. The first kappa shape index (κ1) is 26.5. The Balaban J connectivity index is 1.50. The fourth-order valence-electron chi connectivity index (χ4n) is 4.69. The van der Waals surface area contributed by atoms with E-state index in [1.54, 1.807) is 12.0 Å². The fraction of sp³-hybridized carbons (Fsp3) is 0.704. The van der Waals surface area contributed by atoms with Crippen LogP contribution in [-0.2, 0) is 25.4 Å². The fourth-order valence-corrected chi connectivity index (χ4v) is 4.69. The standard InChI is InChI=1S/C27H40N2O7/c1-18(20-15-19-9-13-35-24(19)22(16-20)33-12-6-11-32-5)29(21-7-8-21)25(30)23-17-28(10-14-34-23)26(31)36-27(2,3)4/h15-16,18,21,23H,6-14,17H2,1-5H3. The van der Waals surface area contributed by atoms with Crippen LogP contribution in [0.2, 0.25) is 0 Å². The third kappa shape index (κ3) is 6.42. The largest absolute Gasteiger partial charge is 0.490 e. The summed E-state index contributed by atoms with van der Waals surface area (Å²) >= 11 is 0. The van der Waals surface area contributed by atoms with Gasteiger partial charge in [-0.3, -0.25) is 4.79 Å². The highest BCUT2D eigenvalue weighted by Crippen LogP contribution is 2.42. The average molecular weight is 505 g/mol. The molecule has 2 fully saturated rings. The number of morpholine rings is 1. The molecule has 2 amide bonds. The zero-order chi connectivity index (χ0) is 25.9. The zero-order valence-electron chi connectivity index (χ0n) is 22.2. The third-order valence-electron chi connectivity index (χ3n) is 6.61. The molecule has 4 rings (SSSR count). The Labute approximate surface area is 213 Å². The minimum Gasteiger partial charge on any atom is -0.490 e. The minimum absolute atomic E-state index is 0.0856. The predicted molar refractivity (Wildman–Crippen MR) is 133 cm³/mol. The second-order valence-corrected chi connectivity index (χ2v) is 10.7. The summed E-state index contributed by atoms with van der Waals surface area (Å²) in [7, 11) is 1.68. The van der Waals surface area contributed by atoms with Crippen LogP contribution in [0.1, 0.15) is 64.1 Å². The summed E-state index contributed by atoms with van der Waals surface area (Å²) in [6.45, 7) is 10.2. The highest BCUT2D eigenvalue weighted by molar-refractivity contribution is 5.83. The highest BCUT2D eigenvalue weighted by Gasteiger charge is 2.42. The van der Waals surface area contributed by atoms with Crippen LogP contribution >= 0.6 is 0 Å². The highest BCUT2D eigenvalue weighted by atomic mass is 16.6. The number of carbonyl (C=O) groups excluding carboxylic acids is 2. The van der Waals surface area contributed by atoms with Crippen LogP contribution in [0.25, 0.3) is 0 Å². The van der Waals surface area contributed by atoms with Gasteiger partial charge in [-0.05, 0) is 58.2 Å². The van der Waals surface area contributed by atoms with Gasteiger partial charge in [0.25, 0.3) is 5.91 Å². The second kappa shape index (κ2) is 11.3. The molecule has 9 nitrogen and oxygen atoms in total. The molecule has 0 spiro atoms. The lowest BCUT2D eigenvalue weighted by Crippen LogP contribution is -2.54. The Kier molecular flexibility index (Phi) is 8.30. The van der Waals surface area contributed by atoms with E-state index in [0.29, 0.717) is 33.0 Å². The molecule has 2 aliphatic heterocycles. The van der Waals surface area contributed by atoms with Crippen LogP contribution < -0.4 is 9.47 Å². The Bertz CT molecular complexity index is 941. The molecular formula is C27H40N2O7. The number of benzene rings is 1. The normalized spacial score (nSPS) is 20.4. The minimum atomic E-state index is -0.711. The number of ether oxygens (including phenoxy) is 5. The molecule has 1 saturated carbocycles. The summed E-state index contributed by atoms with van der Waals surface area (Å²) < 4.78 is 28.4. The van der Waals surface area contributed by atoms with E-state index < -0.39 is 17.8 Å². The maximum atomic E-state index is 13.8. The van der Waals surface area contributed by atoms with Crippen LogP contribution in [0.4, 0.5) is 4.79 Å². The molecule has 0 aromatic heterocycles. The van der Waals surface area contributed by atoms with Crippen molar-refractivity contribution in [3.8, 4) is 11.5 Å². The first-order valence-corrected chi connectivity index (χ1v) is 13.0. The van der Waals surface area contributed by atoms with E-state index in [4.69, 9.17) is 23.7 Å². The van der Waals surface area contributed by atoms with Gasteiger partial charge in [-0.25, -0.2) is 4.79 Å². The van der Waals surface area contributed by atoms with Crippen molar-refractivity contribution in [2.45, 2.75) is 77.2 Å². The van der Waals surface area contributed by atoms with Gasteiger partial charge < -0.3 is 33.5 Å². The smallest absolute Gasteiger partial charge is 0.410 e. The van der Waals surface area contributed by atoms with Gasteiger partial charge in [-0.15, -0.1) is 0 Å². The number of nitrogens with zero attached hydrogens (tertiary/aromatic N) is 2. The van der Waals surface area contributed by atoms with E-state index in [1.807, 2.05) is 31.7 Å². The number of rotatable bonds is 9. The molecule has 0 radical (unpaired) electrons. The maximum absolute atomic E-state index is 13.8. The molecule has 9 heteroatoms. The van der Waals surface area contributed by atoms with Crippen LogP contribution in [0.15, 0.2) is 12.1 Å². The van der Waals surface area contributed by atoms with E-state index in [0.717, 1.165) is 48.3 Å². The van der Waals surface area contributed by atoms with Gasteiger partial charge in [0.2, 0.25) is 0 Å². The topological polar surface area (TPSA) is 86.8 Å². The average Bonchev–Trinajstić information content (AvgIpc) is 3.55. The summed E-state index contributed by atoms with van der Waals surface area (Å²) in [5.41, 5.74) is 1.53. The molecule has 2 heterocycles. The number of hydrogen-bond acceptors (Lipinski definition) is 7. The van der Waals surface area contributed by atoms with Gasteiger partial charge >= 0.3 is 6.09 Å². The summed E-state index contributed by atoms with van der Waals surface area (Å²) in [6, 6.07) is 4.13. The van der Waals surface area contributed by atoms with Gasteiger partial charge in [-0.1, -0.05) is 0 Å². The predicted octanol–water partition coefficient (Wildman–Crippen LogP) is 3.72. The van der Waals surface area contributed by atoms with Crippen molar-refractivity contribution < 1.29 is 33.3 Å². The van der Waals surface area contributed by atoms with Gasteiger partial charge in [0.15, 0.2) is 17.6 Å². The van der Waals surface area contributed by atoms with E-state index in [9.17, 15) is 9.59 Å². The summed E-state index contributed by atoms with van der Waals surface area (Å²) in [5.74, 6) is 1.44. The molecule has 1 aromatic carbocycles. The molecule has 200 valence electrons. The van der Waals surface area contributed by atoms with E-state index >= 15 is 0 Å². The van der Waals surface area contributed by atoms with Crippen molar-refractivity contribution in [3.05, 3.63) is 23.3 Å². The lowest BCUT2D eigenvalue weighted by molar-refractivity contribution is -0.151. The summed E-state index contributed by atoms with van der Waals surface area (Å²) in [4.78, 5) is 29.9. The Morgan fingerprint density at radius 1 is 1.19 bits per heavy atom. The molecule has 1 saturated heterocycles. The van der Waals surface area contributed by atoms with E-state index in [-0.39, 0.29) is 24.5 Å². The van der Waals surface area contributed by atoms with Gasteiger partial charge in [0.1, 0.15) is 5.60 Å². The molecule has 2 atom stereocenters. The number of amides is 2. The monoisotopic (exact) mass is 504 g/mol. The quantitative estimate of drug-likeness (QED) is 0.474. The van der Waals surface area contributed by atoms with Crippen molar-refractivity contribution in [1.82, 2.24) is 9.80 Å². The molecule has 3 aliphatic rings. The maximum Gasteiger partial charge on any atom is 0.410 e. The van der Waals surface area contributed by atoms with Crippen LogP contribution in [0.3, 0.4) is 0 Å². The Morgan fingerprint density at radius 3 is 2.67 bits per heavy atom. The number of methoxy groups -OCH3 is 1. The lowest BCUT2D eigenvalue weighted by atomic mass is 10.0. The first-order chi connectivity index (χ1) is 17.2. The Hall–Kier alpha value is -2.52. The summed E-state index contributed by atoms with van der Waals surface area (Å²) in [5, 5.41) is 0. The van der Waals surface area contributed by atoms with Crippen molar-refractivity contribution in [1.29, 1.82) is 0 Å². The van der Waals surface area contributed by atoms with Crippen molar-refractivity contribution in [2.24, 2.45) is 0 Å². The molecule has 1 aromatic rings. The lowest BCUT2D eigenvalue weighted by Gasteiger charge is -2.38.